The summed E-state index contributed by atoms with van der Waals surface area (Å²) in [5.41, 5.74) is -0.630. The van der Waals surface area contributed by atoms with Crippen molar-refractivity contribution < 1.29 is 22.4 Å². The maximum absolute atomic E-state index is 13.5. The Kier molecular flexibility index (Phi) is 9.24. The van der Waals surface area contributed by atoms with Gasteiger partial charge < -0.3 is 19.9 Å². The lowest BCUT2D eigenvalue weighted by Gasteiger charge is -2.22. The number of nitrogens with one attached hydrogen (secondary N) is 2. The highest BCUT2D eigenvalue weighted by Crippen LogP contribution is 2.35. The van der Waals surface area contributed by atoms with E-state index in [-0.39, 0.29) is 41.8 Å². The van der Waals surface area contributed by atoms with Gasteiger partial charge in [-0.05, 0) is 45.4 Å². The molecular formula is C19H26F3IN4O2. The van der Waals surface area contributed by atoms with Crippen LogP contribution in [0.2, 0.25) is 0 Å². The molecule has 0 bridgehead atoms. The Hall–Kier alpha value is -1.98. The third-order valence-corrected chi connectivity index (χ3v) is 3.49. The Balaban J connectivity index is 0.00000420. The fraction of sp³-hybridized carbons (Fsp3) is 0.474. The van der Waals surface area contributed by atoms with Crippen LogP contribution in [-0.2, 0) is 19.3 Å². The number of hydrogen-bond donors (Lipinski definition) is 2. The molecular weight excluding hydrogens is 500 g/mol. The maximum Gasteiger partial charge on any atom is 0.416 e. The Morgan fingerprint density at radius 1 is 1.17 bits per heavy atom. The van der Waals surface area contributed by atoms with Crippen LogP contribution in [0.4, 0.5) is 13.2 Å². The van der Waals surface area contributed by atoms with Crippen molar-refractivity contribution in [1.82, 2.24) is 15.8 Å². The molecule has 0 atom stereocenters. The first kappa shape index (κ1) is 25.1. The topological polar surface area (TPSA) is 71.7 Å². The SMILES string of the molecule is CCNC(=NCc1ccc(OC(C)(C)C)cc1C(F)(F)F)NCc1ccon1.I. The third kappa shape index (κ3) is 8.50. The number of alkyl halides is 3. The van der Waals surface area contributed by atoms with Gasteiger partial charge in [0, 0.05) is 12.6 Å². The summed E-state index contributed by atoms with van der Waals surface area (Å²) >= 11 is 0. The second-order valence-corrected chi connectivity index (χ2v) is 7.07. The van der Waals surface area contributed by atoms with Crippen molar-refractivity contribution in [2.45, 2.75) is 52.6 Å². The van der Waals surface area contributed by atoms with E-state index in [1.165, 1.54) is 18.4 Å². The lowest BCUT2D eigenvalue weighted by atomic mass is 10.1. The van der Waals surface area contributed by atoms with Gasteiger partial charge >= 0.3 is 6.18 Å². The molecule has 29 heavy (non-hydrogen) atoms. The molecule has 0 saturated heterocycles. The van der Waals surface area contributed by atoms with E-state index in [9.17, 15) is 13.2 Å². The number of halogens is 4. The first-order valence-corrected chi connectivity index (χ1v) is 8.89. The molecule has 1 aromatic heterocycles. The molecule has 0 radical (unpaired) electrons. The molecule has 2 N–H and O–H groups in total. The monoisotopic (exact) mass is 526 g/mol. The summed E-state index contributed by atoms with van der Waals surface area (Å²) in [6.07, 6.45) is -3.06. The van der Waals surface area contributed by atoms with Crippen molar-refractivity contribution in [3.63, 3.8) is 0 Å². The molecule has 6 nitrogen and oxygen atoms in total. The predicted molar refractivity (Wildman–Crippen MR) is 115 cm³/mol. The minimum absolute atomic E-state index is 0. The van der Waals surface area contributed by atoms with Gasteiger partial charge in [-0.2, -0.15) is 13.2 Å². The van der Waals surface area contributed by atoms with Crippen molar-refractivity contribution in [2.75, 3.05) is 6.54 Å². The van der Waals surface area contributed by atoms with Gasteiger partial charge in [-0.3, -0.25) is 0 Å². The zero-order chi connectivity index (χ0) is 20.8. The first-order chi connectivity index (χ1) is 13.1. The summed E-state index contributed by atoms with van der Waals surface area (Å²) < 4.78 is 50.8. The van der Waals surface area contributed by atoms with Crippen LogP contribution in [0, 0.1) is 0 Å². The lowest BCUT2D eigenvalue weighted by molar-refractivity contribution is -0.138. The molecule has 2 aromatic rings. The molecule has 1 aromatic carbocycles. The maximum atomic E-state index is 13.5. The van der Waals surface area contributed by atoms with Crippen molar-refractivity contribution in [1.29, 1.82) is 0 Å². The summed E-state index contributed by atoms with van der Waals surface area (Å²) in [7, 11) is 0. The zero-order valence-electron chi connectivity index (χ0n) is 16.8. The van der Waals surface area contributed by atoms with E-state index in [1.807, 2.05) is 6.92 Å². The van der Waals surface area contributed by atoms with Gasteiger partial charge in [-0.25, -0.2) is 4.99 Å². The number of rotatable bonds is 6. The zero-order valence-corrected chi connectivity index (χ0v) is 19.1. The molecule has 0 spiro atoms. The van der Waals surface area contributed by atoms with E-state index >= 15 is 0 Å². The van der Waals surface area contributed by atoms with E-state index in [1.54, 1.807) is 26.8 Å². The number of nitrogens with zero attached hydrogens (tertiary/aromatic N) is 2. The quantitative estimate of drug-likeness (QED) is 0.323. The summed E-state index contributed by atoms with van der Waals surface area (Å²) in [6, 6.07) is 5.63. The number of benzene rings is 1. The second-order valence-electron chi connectivity index (χ2n) is 7.07. The largest absolute Gasteiger partial charge is 0.488 e. The Labute approximate surface area is 185 Å². The van der Waals surface area contributed by atoms with Crippen LogP contribution in [0.5, 0.6) is 5.75 Å². The van der Waals surface area contributed by atoms with Gasteiger partial charge in [0.15, 0.2) is 5.96 Å². The van der Waals surface area contributed by atoms with Crippen LogP contribution in [0.15, 0.2) is 40.0 Å². The van der Waals surface area contributed by atoms with E-state index < -0.39 is 17.3 Å². The smallest absolute Gasteiger partial charge is 0.416 e. The molecule has 0 aliphatic rings. The number of guanidine groups is 1. The van der Waals surface area contributed by atoms with Crippen molar-refractivity contribution in [3.8, 4) is 5.75 Å². The molecule has 0 fully saturated rings. The molecule has 0 amide bonds. The molecule has 0 saturated carbocycles. The van der Waals surface area contributed by atoms with Gasteiger partial charge in [0.2, 0.25) is 0 Å². The van der Waals surface area contributed by atoms with E-state index in [4.69, 9.17) is 9.26 Å². The van der Waals surface area contributed by atoms with Crippen LogP contribution in [-0.4, -0.2) is 23.3 Å². The molecule has 1 heterocycles. The predicted octanol–water partition coefficient (Wildman–Crippen LogP) is 4.74. The fourth-order valence-electron chi connectivity index (χ4n) is 2.38. The summed E-state index contributed by atoms with van der Waals surface area (Å²) in [5, 5.41) is 9.76. The third-order valence-electron chi connectivity index (χ3n) is 3.49. The Morgan fingerprint density at radius 2 is 1.90 bits per heavy atom. The van der Waals surface area contributed by atoms with Crippen LogP contribution >= 0.6 is 24.0 Å². The highest BCUT2D eigenvalue weighted by Gasteiger charge is 2.34. The van der Waals surface area contributed by atoms with E-state index in [0.717, 1.165) is 6.07 Å². The van der Waals surface area contributed by atoms with Gasteiger partial charge in [0.05, 0.1) is 18.7 Å². The van der Waals surface area contributed by atoms with Crippen molar-refractivity contribution in [2.24, 2.45) is 4.99 Å². The van der Waals surface area contributed by atoms with E-state index in [2.05, 4.69) is 20.8 Å². The summed E-state index contributed by atoms with van der Waals surface area (Å²) in [5.74, 6) is 0.553. The first-order valence-electron chi connectivity index (χ1n) is 8.89. The average molecular weight is 526 g/mol. The molecule has 0 unspecified atom stereocenters. The highest BCUT2D eigenvalue weighted by atomic mass is 127. The van der Waals surface area contributed by atoms with Crippen molar-refractivity contribution in [3.05, 3.63) is 47.3 Å². The van der Waals surface area contributed by atoms with Crippen LogP contribution in [0.25, 0.3) is 0 Å². The minimum Gasteiger partial charge on any atom is -0.488 e. The fourth-order valence-corrected chi connectivity index (χ4v) is 2.38. The van der Waals surface area contributed by atoms with Crippen molar-refractivity contribution >= 4 is 29.9 Å². The van der Waals surface area contributed by atoms with Gasteiger partial charge in [-0.15, -0.1) is 24.0 Å². The molecule has 2 rings (SSSR count). The second kappa shape index (κ2) is 10.7. The number of aliphatic imine (C=N–C) groups is 1. The van der Waals surface area contributed by atoms with Crippen LogP contribution in [0.1, 0.15) is 44.5 Å². The molecule has 162 valence electrons. The average Bonchev–Trinajstić information content (AvgIpc) is 3.09. The summed E-state index contributed by atoms with van der Waals surface area (Å²) in [4.78, 5) is 4.26. The highest BCUT2D eigenvalue weighted by molar-refractivity contribution is 14.0. The number of ether oxygens (including phenoxy) is 1. The van der Waals surface area contributed by atoms with Gasteiger partial charge in [0.25, 0.3) is 0 Å². The normalized spacial score (nSPS) is 12.3. The van der Waals surface area contributed by atoms with Crippen LogP contribution in [0.3, 0.4) is 0 Å². The van der Waals surface area contributed by atoms with Gasteiger partial charge in [0.1, 0.15) is 23.3 Å². The van der Waals surface area contributed by atoms with Gasteiger partial charge in [-0.1, -0.05) is 11.2 Å². The standard InChI is InChI=1S/C19H25F3N4O2.HI/c1-5-23-17(25-12-14-8-9-27-26-14)24-11-13-6-7-15(28-18(2,3)4)10-16(13)19(20,21)22;/h6-10H,5,11-12H2,1-4H3,(H2,23,24,25);1H. The number of aromatic nitrogens is 1. The molecule has 10 heteroatoms. The number of hydrogen-bond acceptors (Lipinski definition) is 4. The molecule has 0 aliphatic heterocycles. The Bertz CT molecular complexity index is 788. The van der Waals surface area contributed by atoms with Crippen LogP contribution < -0.4 is 15.4 Å². The molecule has 0 aliphatic carbocycles. The minimum atomic E-state index is -4.51. The summed E-state index contributed by atoms with van der Waals surface area (Å²) in [6.45, 7) is 7.97. The van der Waals surface area contributed by atoms with E-state index in [0.29, 0.717) is 24.7 Å². The lowest BCUT2D eigenvalue weighted by Crippen LogP contribution is -2.36. The Morgan fingerprint density at radius 3 is 2.45 bits per heavy atom.